The number of allylic oxidation sites excluding steroid dienone is 2. The van der Waals surface area contributed by atoms with Crippen LogP contribution in [0.5, 0.6) is 0 Å². The van der Waals surface area contributed by atoms with Gasteiger partial charge in [-0.15, -0.1) is 0 Å². The topological polar surface area (TPSA) is 226 Å². The molecule has 1 fully saturated rings. The number of nitrogens with zero attached hydrogens (tertiary/aromatic N) is 1. The summed E-state index contributed by atoms with van der Waals surface area (Å²) in [7, 11) is -3.81. The first kappa shape index (κ1) is 33.1. The predicted octanol–water partition coefficient (Wildman–Crippen LogP) is -0.223. The van der Waals surface area contributed by atoms with Crippen molar-refractivity contribution in [2.45, 2.75) is 63.9 Å². The fourth-order valence-electron chi connectivity index (χ4n) is 5.48. The Morgan fingerprint density at radius 1 is 1.16 bits per heavy atom. The second kappa shape index (κ2) is 12.3. The number of benzene rings is 1. The molecule has 1 aliphatic carbocycles. The minimum Gasteiger partial charge on any atom is -0.494 e. The summed E-state index contributed by atoms with van der Waals surface area (Å²) in [6.07, 6.45) is -5.70. The molecule has 0 radical (unpaired) electrons. The average molecular weight is 639 g/mol. The number of hydrogen-bond donors (Lipinski definition) is 5. The fraction of sp³-hybridized carbons (Fsp3) is 0.500. The van der Waals surface area contributed by atoms with Gasteiger partial charge in [0.05, 0.1) is 35.2 Å². The smallest absolute Gasteiger partial charge is 0.335 e. The molecule has 16 heteroatoms. The highest BCUT2D eigenvalue weighted by Crippen LogP contribution is 2.44. The van der Waals surface area contributed by atoms with Crippen LogP contribution in [-0.2, 0) is 33.6 Å². The lowest BCUT2D eigenvalue weighted by Gasteiger charge is -2.42. The third-order valence-corrected chi connectivity index (χ3v) is 8.52. The monoisotopic (exact) mass is 638 g/mol. The van der Waals surface area contributed by atoms with E-state index >= 15 is 0 Å². The van der Waals surface area contributed by atoms with Gasteiger partial charge >= 0.3 is 5.97 Å². The summed E-state index contributed by atoms with van der Waals surface area (Å²) >= 11 is 0. The first-order valence-electron chi connectivity index (χ1n) is 13.6. The van der Waals surface area contributed by atoms with Gasteiger partial charge in [0, 0.05) is 25.0 Å². The van der Waals surface area contributed by atoms with E-state index in [1.807, 2.05) is 0 Å². The highest BCUT2D eigenvalue weighted by atomic mass is 32.2. The van der Waals surface area contributed by atoms with Crippen LogP contribution in [0.3, 0.4) is 0 Å². The fourth-order valence-corrected chi connectivity index (χ4v) is 6.59. The minimum atomic E-state index is -3.81. The number of aliphatic hydroxyl groups is 3. The summed E-state index contributed by atoms with van der Waals surface area (Å²) in [6, 6.07) is 3.07. The van der Waals surface area contributed by atoms with E-state index in [0.29, 0.717) is 0 Å². The lowest BCUT2D eigenvalue weighted by atomic mass is 9.75. The Labute approximate surface area is 252 Å². The van der Waals surface area contributed by atoms with Crippen LogP contribution in [-0.4, -0.2) is 113 Å². The summed E-state index contributed by atoms with van der Waals surface area (Å²) in [5.74, 6) is -4.23. The number of hydrogen-bond acceptors (Lipinski definition) is 12. The molecule has 0 saturated carbocycles. The number of fused-ring (bicyclic) bond motifs is 1. The number of carbonyl (C=O) groups excluding carboxylic acids is 3. The molecule has 2 heterocycles. The SMILES string of the molecule is CCOC1=C(O[C@@H]2O[C@H](C(=O)O)[C@@H](O)[C@H](O)[C@H]2O)C=CC(C)([C@@H](CS(C)(=O)=O)N2C(=O)c3cccc(NC(C)=O)c3C2=O)C1. The standard InChI is InChI=1S/C28H34N2O13S/c1-5-41-17-11-28(3,10-9-16(17)42-27-22(34)20(32)21(33)23(43-27)26(37)38)18(12-44(4,39)40)30-24(35)14-7-6-8-15(29-13(2)31)19(14)25(30)36/h6-10,18,20-23,27,32-34H,5,11-12H2,1-4H3,(H,29,31)(H,37,38)/t18-,20+,21+,22-,23+,27-,28?/m1/s1. The third kappa shape index (κ3) is 6.34. The second-order valence-corrected chi connectivity index (χ2v) is 13.3. The van der Waals surface area contributed by atoms with Gasteiger partial charge in [0.25, 0.3) is 11.8 Å². The zero-order valence-corrected chi connectivity index (χ0v) is 25.1. The number of anilines is 1. The van der Waals surface area contributed by atoms with Gasteiger partial charge in [0.15, 0.2) is 11.9 Å². The summed E-state index contributed by atoms with van der Waals surface area (Å²) < 4.78 is 42.0. The van der Waals surface area contributed by atoms with Gasteiger partial charge in [-0.1, -0.05) is 19.1 Å². The maximum atomic E-state index is 13.8. The van der Waals surface area contributed by atoms with Gasteiger partial charge in [-0.25, -0.2) is 13.2 Å². The number of amides is 3. The molecule has 0 aromatic heterocycles. The first-order chi connectivity index (χ1) is 20.5. The molecule has 240 valence electrons. The van der Waals surface area contributed by atoms with Crippen molar-refractivity contribution in [2.75, 3.05) is 23.9 Å². The molecule has 1 unspecified atom stereocenters. The van der Waals surface area contributed by atoms with Crippen molar-refractivity contribution in [3.8, 4) is 0 Å². The van der Waals surface area contributed by atoms with E-state index in [2.05, 4.69) is 5.32 Å². The average Bonchev–Trinajstić information content (AvgIpc) is 3.18. The van der Waals surface area contributed by atoms with E-state index in [1.54, 1.807) is 13.8 Å². The number of ether oxygens (including phenoxy) is 3. The molecular weight excluding hydrogens is 604 g/mol. The quantitative estimate of drug-likeness (QED) is 0.209. The van der Waals surface area contributed by atoms with Crippen molar-refractivity contribution in [3.63, 3.8) is 0 Å². The van der Waals surface area contributed by atoms with E-state index in [4.69, 9.17) is 14.2 Å². The molecule has 2 aliphatic heterocycles. The molecular formula is C28H34N2O13S. The Hall–Kier alpha value is -3.83. The van der Waals surface area contributed by atoms with Gasteiger partial charge in [-0.3, -0.25) is 19.3 Å². The number of aliphatic carboxylic acids is 1. The number of carbonyl (C=O) groups is 4. The van der Waals surface area contributed by atoms with Crippen molar-refractivity contribution in [1.29, 1.82) is 0 Å². The maximum Gasteiger partial charge on any atom is 0.335 e. The summed E-state index contributed by atoms with van der Waals surface area (Å²) in [4.78, 5) is 51.5. The lowest BCUT2D eigenvalue weighted by Crippen LogP contribution is -2.60. The Morgan fingerprint density at radius 2 is 1.84 bits per heavy atom. The Morgan fingerprint density at radius 3 is 2.43 bits per heavy atom. The predicted molar refractivity (Wildman–Crippen MR) is 151 cm³/mol. The maximum absolute atomic E-state index is 13.8. The Kier molecular flexibility index (Phi) is 9.23. The largest absolute Gasteiger partial charge is 0.494 e. The van der Waals surface area contributed by atoms with Crippen LogP contribution in [0.2, 0.25) is 0 Å². The van der Waals surface area contributed by atoms with Gasteiger partial charge in [-0.05, 0) is 25.1 Å². The number of nitrogens with one attached hydrogen (secondary N) is 1. The highest BCUT2D eigenvalue weighted by molar-refractivity contribution is 7.90. The van der Waals surface area contributed by atoms with Crippen LogP contribution in [0.1, 0.15) is 47.9 Å². The van der Waals surface area contributed by atoms with Crippen molar-refractivity contribution in [1.82, 2.24) is 4.90 Å². The van der Waals surface area contributed by atoms with Crippen LogP contribution in [0.25, 0.3) is 0 Å². The van der Waals surface area contributed by atoms with Crippen molar-refractivity contribution >= 4 is 39.2 Å². The lowest BCUT2D eigenvalue weighted by molar-refractivity contribution is -0.284. The van der Waals surface area contributed by atoms with Crippen LogP contribution in [0.4, 0.5) is 5.69 Å². The first-order valence-corrected chi connectivity index (χ1v) is 15.7. The summed E-state index contributed by atoms with van der Waals surface area (Å²) in [6.45, 7) is 4.58. The Bertz CT molecular complexity index is 1540. The number of sulfone groups is 1. The van der Waals surface area contributed by atoms with Gasteiger partial charge in [-0.2, -0.15) is 0 Å². The number of carboxylic acids is 1. The zero-order valence-electron chi connectivity index (χ0n) is 24.3. The van der Waals surface area contributed by atoms with E-state index < -0.39 is 81.4 Å². The number of rotatable bonds is 10. The van der Waals surface area contributed by atoms with E-state index in [9.17, 15) is 48.0 Å². The molecule has 15 nitrogen and oxygen atoms in total. The van der Waals surface area contributed by atoms with Gasteiger partial charge < -0.3 is 40.0 Å². The molecule has 1 aromatic rings. The van der Waals surface area contributed by atoms with E-state index in [0.717, 1.165) is 11.2 Å². The van der Waals surface area contributed by atoms with Crippen molar-refractivity contribution < 1.29 is 62.2 Å². The molecule has 44 heavy (non-hydrogen) atoms. The number of aliphatic hydroxyl groups excluding tert-OH is 3. The molecule has 1 saturated heterocycles. The van der Waals surface area contributed by atoms with Crippen LogP contribution >= 0.6 is 0 Å². The molecule has 4 rings (SSSR count). The molecule has 0 bridgehead atoms. The molecule has 5 N–H and O–H groups in total. The third-order valence-electron chi connectivity index (χ3n) is 7.60. The van der Waals surface area contributed by atoms with Crippen LogP contribution in [0.15, 0.2) is 41.9 Å². The number of carboxylic acid groups (broad SMARTS) is 1. The Balaban J connectivity index is 1.71. The highest BCUT2D eigenvalue weighted by Gasteiger charge is 2.51. The van der Waals surface area contributed by atoms with Crippen molar-refractivity contribution in [3.05, 3.63) is 53.0 Å². The summed E-state index contributed by atoms with van der Waals surface area (Å²) in [5.41, 5.74) is -1.25. The normalized spacial score (nSPS) is 29.3. The van der Waals surface area contributed by atoms with Gasteiger partial charge in [0.1, 0.15) is 33.9 Å². The molecule has 0 spiro atoms. The van der Waals surface area contributed by atoms with E-state index in [-0.39, 0.29) is 41.4 Å². The van der Waals surface area contributed by atoms with Gasteiger partial charge in [0.2, 0.25) is 12.2 Å². The molecule has 3 aliphatic rings. The molecule has 7 atom stereocenters. The van der Waals surface area contributed by atoms with Crippen LogP contribution in [0, 0.1) is 5.41 Å². The zero-order chi connectivity index (χ0) is 32.7. The number of imide groups is 1. The summed E-state index contributed by atoms with van der Waals surface area (Å²) in [5, 5.41) is 42.5. The molecule has 3 amide bonds. The molecule has 1 aromatic carbocycles. The minimum absolute atomic E-state index is 0.00935. The second-order valence-electron chi connectivity index (χ2n) is 11.1. The van der Waals surface area contributed by atoms with Crippen molar-refractivity contribution in [2.24, 2.45) is 5.41 Å². The van der Waals surface area contributed by atoms with Crippen LogP contribution < -0.4 is 5.32 Å². The van der Waals surface area contributed by atoms with E-state index in [1.165, 1.54) is 37.3 Å².